The van der Waals surface area contributed by atoms with Crippen LogP contribution in [-0.2, 0) is 6.54 Å². The van der Waals surface area contributed by atoms with Gasteiger partial charge in [-0.05, 0) is 18.2 Å². The number of thioether (sulfide) groups is 1. The summed E-state index contributed by atoms with van der Waals surface area (Å²) in [5.41, 5.74) is 6.77. The zero-order valence-corrected chi connectivity index (χ0v) is 14.7. The molecule has 1 aliphatic heterocycles. The van der Waals surface area contributed by atoms with Crippen molar-refractivity contribution in [3.63, 3.8) is 0 Å². The minimum atomic E-state index is -0.301. The maximum absolute atomic E-state index is 13.4. The molecule has 0 amide bonds. The Morgan fingerprint density at radius 2 is 2.00 bits per heavy atom. The first-order chi connectivity index (χ1) is 11.7. The number of anilines is 1. The fraction of sp³-hybridized carbons (Fsp3) is 0.294. The second-order valence-corrected chi connectivity index (χ2v) is 8.10. The van der Waals surface area contributed by atoms with E-state index in [9.17, 15) is 4.39 Å². The number of rotatable bonds is 3. The number of nitrogens with two attached hydrogens (primary N) is 1. The zero-order valence-electron chi connectivity index (χ0n) is 13.0. The van der Waals surface area contributed by atoms with Crippen LogP contribution in [0.15, 0.2) is 30.3 Å². The standard InChI is InChI=1S/C17H17FN4S2/c18-12-3-1-2-11(8-12)16-20-15(19)14-9-13(24-17(14)21-16)10-22-4-6-23-7-5-22/h1-3,8-9H,4-7,10H2,(H2,19,20,21). The molecule has 3 heterocycles. The lowest BCUT2D eigenvalue weighted by Crippen LogP contribution is -2.31. The number of fused-ring (bicyclic) bond motifs is 1. The molecule has 0 spiro atoms. The quantitative estimate of drug-likeness (QED) is 0.773. The summed E-state index contributed by atoms with van der Waals surface area (Å²) in [5.74, 6) is 3.01. The maximum Gasteiger partial charge on any atom is 0.163 e. The summed E-state index contributed by atoms with van der Waals surface area (Å²) in [6, 6.07) is 8.38. The number of aromatic nitrogens is 2. The molecule has 0 bridgehead atoms. The minimum absolute atomic E-state index is 0.301. The van der Waals surface area contributed by atoms with E-state index in [1.807, 2.05) is 11.8 Å². The Morgan fingerprint density at radius 3 is 2.79 bits per heavy atom. The van der Waals surface area contributed by atoms with Crippen LogP contribution in [0.1, 0.15) is 4.88 Å². The number of benzene rings is 1. The van der Waals surface area contributed by atoms with Crippen molar-refractivity contribution in [3.8, 4) is 11.4 Å². The lowest BCUT2D eigenvalue weighted by Gasteiger charge is -2.25. The van der Waals surface area contributed by atoms with Gasteiger partial charge in [0.05, 0.1) is 5.39 Å². The molecule has 3 aromatic rings. The summed E-state index contributed by atoms with van der Waals surface area (Å²) < 4.78 is 13.4. The maximum atomic E-state index is 13.4. The molecule has 0 radical (unpaired) electrons. The third-order valence-corrected chi connectivity index (χ3v) is 6.00. The topological polar surface area (TPSA) is 55.0 Å². The molecule has 2 N–H and O–H groups in total. The highest BCUT2D eigenvalue weighted by Crippen LogP contribution is 2.31. The van der Waals surface area contributed by atoms with Gasteiger partial charge in [-0.15, -0.1) is 11.3 Å². The minimum Gasteiger partial charge on any atom is -0.383 e. The first kappa shape index (κ1) is 15.8. The van der Waals surface area contributed by atoms with Gasteiger partial charge in [0.2, 0.25) is 0 Å². The first-order valence-corrected chi connectivity index (χ1v) is 9.78. The third kappa shape index (κ3) is 3.24. The van der Waals surface area contributed by atoms with E-state index in [0.29, 0.717) is 17.2 Å². The molecule has 1 fully saturated rings. The van der Waals surface area contributed by atoms with Crippen LogP contribution in [0.5, 0.6) is 0 Å². The van der Waals surface area contributed by atoms with Crippen molar-refractivity contribution < 1.29 is 4.39 Å². The zero-order chi connectivity index (χ0) is 16.5. The van der Waals surface area contributed by atoms with Gasteiger partial charge >= 0.3 is 0 Å². The Morgan fingerprint density at radius 1 is 1.17 bits per heavy atom. The van der Waals surface area contributed by atoms with Gasteiger partial charge in [-0.2, -0.15) is 11.8 Å². The van der Waals surface area contributed by atoms with E-state index in [1.165, 1.54) is 28.5 Å². The van der Waals surface area contributed by atoms with Gasteiger partial charge in [-0.3, -0.25) is 4.90 Å². The molecule has 1 saturated heterocycles. The van der Waals surface area contributed by atoms with Crippen LogP contribution in [0.2, 0.25) is 0 Å². The van der Waals surface area contributed by atoms with Gasteiger partial charge in [-0.1, -0.05) is 12.1 Å². The molecule has 1 aromatic carbocycles. The number of hydrogen-bond acceptors (Lipinski definition) is 6. The summed E-state index contributed by atoms with van der Waals surface area (Å²) in [4.78, 5) is 13.5. The molecule has 2 aromatic heterocycles. The van der Waals surface area contributed by atoms with Gasteiger partial charge in [0.25, 0.3) is 0 Å². The van der Waals surface area contributed by atoms with Crippen LogP contribution in [0.3, 0.4) is 0 Å². The largest absolute Gasteiger partial charge is 0.383 e. The summed E-state index contributed by atoms with van der Waals surface area (Å²) in [6.07, 6.45) is 0. The van der Waals surface area contributed by atoms with E-state index in [1.54, 1.807) is 23.5 Å². The summed E-state index contributed by atoms with van der Waals surface area (Å²) >= 11 is 3.65. The number of hydrogen-bond donors (Lipinski definition) is 1. The van der Waals surface area contributed by atoms with E-state index < -0.39 is 0 Å². The van der Waals surface area contributed by atoms with Crippen LogP contribution in [0.25, 0.3) is 21.6 Å². The monoisotopic (exact) mass is 360 g/mol. The van der Waals surface area contributed by atoms with Gasteiger partial charge < -0.3 is 5.73 Å². The molecular weight excluding hydrogens is 343 g/mol. The number of nitrogens with zero attached hydrogens (tertiary/aromatic N) is 3. The molecule has 7 heteroatoms. The first-order valence-electron chi connectivity index (χ1n) is 7.81. The molecular formula is C17H17FN4S2. The van der Waals surface area contributed by atoms with Crippen molar-refractivity contribution in [2.24, 2.45) is 0 Å². The smallest absolute Gasteiger partial charge is 0.163 e. The Kier molecular flexibility index (Phi) is 4.39. The Labute approximate surface area is 147 Å². The number of nitrogen functional groups attached to an aromatic ring is 1. The molecule has 0 saturated carbocycles. The normalized spacial score (nSPS) is 15.9. The van der Waals surface area contributed by atoms with Crippen LogP contribution in [0, 0.1) is 5.82 Å². The van der Waals surface area contributed by atoms with Crippen LogP contribution < -0.4 is 5.73 Å². The fourth-order valence-electron chi connectivity index (χ4n) is 2.81. The molecule has 0 atom stereocenters. The van der Waals surface area contributed by atoms with Gasteiger partial charge in [0.15, 0.2) is 5.82 Å². The SMILES string of the molecule is Nc1nc(-c2cccc(F)c2)nc2sc(CN3CCSCC3)cc12. The second-order valence-electron chi connectivity index (χ2n) is 5.76. The number of halogens is 1. The predicted molar refractivity (Wildman–Crippen MR) is 99.8 cm³/mol. The van der Waals surface area contributed by atoms with Crippen molar-refractivity contribution in [2.75, 3.05) is 30.3 Å². The van der Waals surface area contributed by atoms with E-state index in [0.717, 1.165) is 29.9 Å². The van der Waals surface area contributed by atoms with E-state index in [2.05, 4.69) is 20.9 Å². The van der Waals surface area contributed by atoms with Crippen LogP contribution in [0.4, 0.5) is 10.2 Å². The predicted octanol–water partition coefficient (Wildman–Crippen LogP) is 3.63. The molecule has 24 heavy (non-hydrogen) atoms. The lowest BCUT2D eigenvalue weighted by molar-refractivity contribution is 0.297. The fourth-order valence-corrected chi connectivity index (χ4v) is 4.86. The van der Waals surface area contributed by atoms with Crippen molar-refractivity contribution >= 4 is 39.1 Å². The van der Waals surface area contributed by atoms with Crippen molar-refractivity contribution in [1.29, 1.82) is 0 Å². The Hall–Kier alpha value is -1.70. The Balaban J connectivity index is 1.67. The molecule has 0 aliphatic carbocycles. The van der Waals surface area contributed by atoms with Crippen molar-refractivity contribution in [1.82, 2.24) is 14.9 Å². The molecule has 0 unspecified atom stereocenters. The Bertz CT molecular complexity index is 874. The van der Waals surface area contributed by atoms with E-state index in [-0.39, 0.29) is 5.82 Å². The average Bonchev–Trinajstić information content (AvgIpc) is 2.99. The average molecular weight is 360 g/mol. The van der Waals surface area contributed by atoms with Gasteiger partial charge in [-0.25, -0.2) is 14.4 Å². The highest BCUT2D eigenvalue weighted by molar-refractivity contribution is 7.99. The molecule has 4 rings (SSSR count). The van der Waals surface area contributed by atoms with E-state index in [4.69, 9.17) is 5.73 Å². The third-order valence-electron chi connectivity index (χ3n) is 4.04. The van der Waals surface area contributed by atoms with Gasteiger partial charge in [0.1, 0.15) is 16.5 Å². The van der Waals surface area contributed by atoms with Gasteiger partial charge in [0, 0.05) is 41.6 Å². The summed E-state index contributed by atoms with van der Waals surface area (Å²) in [7, 11) is 0. The highest BCUT2D eigenvalue weighted by atomic mass is 32.2. The van der Waals surface area contributed by atoms with Crippen LogP contribution >= 0.6 is 23.1 Å². The van der Waals surface area contributed by atoms with Crippen molar-refractivity contribution in [3.05, 3.63) is 41.0 Å². The second kappa shape index (κ2) is 6.66. The van der Waals surface area contributed by atoms with E-state index >= 15 is 0 Å². The van der Waals surface area contributed by atoms with Crippen molar-refractivity contribution in [2.45, 2.75) is 6.54 Å². The summed E-state index contributed by atoms with van der Waals surface area (Å²) in [6.45, 7) is 3.17. The highest BCUT2D eigenvalue weighted by Gasteiger charge is 2.15. The summed E-state index contributed by atoms with van der Waals surface area (Å²) in [5, 5.41) is 0.890. The molecule has 4 nitrogen and oxygen atoms in total. The number of thiophene rings is 1. The van der Waals surface area contributed by atoms with Crippen LogP contribution in [-0.4, -0.2) is 39.5 Å². The molecule has 124 valence electrons. The lowest BCUT2D eigenvalue weighted by atomic mass is 10.2. The molecule has 1 aliphatic rings.